The Balaban J connectivity index is 1.73. The Labute approximate surface area is 235 Å². The van der Waals surface area contributed by atoms with Gasteiger partial charge in [0.05, 0.1) is 16.6 Å². The Morgan fingerprint density at radius 2 is 1.85 bits per heavy atom. The van der Waals surface area contributed by atoms with Crippen molar-refractivity contribution in [3.8, 4) is 0 Å². The molecule has 13 heteroatoms. The zero-order chi connectivity index (χ0) is 29.8. The predicted octanol–water partition coefficient (Wildman–Crippen LogP) is 2.94. The molecule has 0 saturated carbocycles. The number of aryl methyl sites for hydroxylation is 1. The molecule has 1 aromatic heterocycles. The second-order valence-electron chi connectivity index (χ2n) is 11.4. The van der Waals surface area contributed by atoms with Gasteiger partial charge >= 0.3 is 11.7 Å². The van der Waals surface area contributed by atoms with Gasteiger partial charge in [0.15, 0.2) is 9.84 Å². The number of sulfone groups is 1. The third-order valence-electron chi connectivity index (χ3n) is 7.18. The number of likely N-dealkylation sites (tertiary alicyclic amines) is 1. The second-order valence-corrected chi connectivity index (χ2v) is 13.6. The van der Waals surface area contributed by atoms with Crippen molar-refractivity contribution in [2.24, 2.45) is 0 Å². The van der Waals surface area contributed by atoms with Crippen LogP contribution in [-0.2, 0) is 14.6 Å². The van der Waals surface area contributed by atoms with Crippen molar-refractivity contribution in [2.75, 3.05) is 56.2 Å². The molecule has 1 saturated heterocycles. The Hall–Kier alpha value is -3.19. The first-order chi connectivity index (χ1) is 18.6. The first-order valence-electron chi connectivity index (χ1n) is 13.5. The van der Waals surface area contributed by atoms with E-state index in [1.807, 2.05) is 0 Å². The van der Waals surface area contributed by atoms with Gasteiger partial charge in [-0.3, -0.25) is 9.69 Å². The number of aromatic nitrogens is 1. The molecule has 40 heavy (non-hydrogen) atoms. The number of nitrogens with one attached hydrogen (secondary N) is 1. The molecule has 3 rings (SSSR count). The molecule has 1 aliphatic heterocycles. The largest absolute Gasteiger partial charge is 0.465 e. The Kier molecular flexibility index (Phi) is 9.83. The number of fused-ring (bicyclic) bond motifs is 1. The average Bonchev–Trinajstić information content (AvgIpc) is 2.85. The number of piperidine rings is 1. The van der Waals surface area contributed by atoms with Crippen LogP contribution in [0.4, 0.5) is 16.5 Å². The molecule has 2 N–H and O–H groups in total. The van der Waals surface area contributed by atoms with Crippen LogP contribution in [0.25, 0.3) is 10.9 Å². The van der Waals surface area contributed by atoms with Crippen LogP contribution in [0.1, 0.15) is 52.0 Å². The monoisotopic (exact) mass is 579 g/mol. The minimum atomic E-state index is -3.70. The zero-order valence-electron chi connectivity index (χ0n) is 24.2. The number of anilines is 2. The summed E-state index contributed by atoms with van der Waals surface area (Å²) in [6.07, 6.45) is 3.33. The van der Waals surface area contributed by atoms with Crippen molar-refractivity contribution in [3.05, 3.63) is 28.1 Å². The molecule has 12 nitrogen and oxygen atoms in total. The molecule has 2 amide bonds. The summed E-state index contributed by atoms with van der Waals surface area (Å²) < 4.78 is 30.3. The van der Waals surface area contributed by atoms with E-state index in [0.29, 0.717) is 29.9 Å². The van der Waals surface area contributed by atoms with Crippen molar-refractivity contribution < 1.29 is 27.5 Å². The summed E-state index contributed by atoms with van der Waals surface area (Å²) >= 11 is 0. The summed E-state index contributed by atoms with van der Waals surface area (Å²) in [6, 6.07) is 3.01. The minimum Gasteiger partial charge on any atom is -0.465 e. The van der Waals surface area contributed by atoms with E-state index in [1.54, 1.807) is 46.9 Å². The molecule has 0 radical (unpaired) electrons. The first kappa shape index (κ1) is 31.3. The van der Waals surface area contributed by atoms with Crippen molar-refractivity contribution in [1.82, 2.24) is 14.8 Å². The van der Waals surface area contributed by atoms with Gasteiger partial charge in [0.25, 0.3) is 6.01 Å². The van der Waals surface area contributed by atoms with Crippen LogP contribution in [0, 0.1) is 6.92 Å². The average molecular weight is 580 g/mol. The Morgan fingerprint density at radius 3 is 2.42 bits per heavy atom. The molecule has 2 aromatic rings. The Bertz CT molecular complexity index is 1390. The van der Waals surface area contributed by atoms with Crippen molar-refractivity contribution >= 4 is 44.4 Å². The number of amides is 2. The van der Waals surface area contributed by atoms with Gasteiger partial charge in [-0.15, -0.1) is 0 Å². The van der Waals surface area contributed by atoms with Gasteiger partial charge in [-0.25, -0.2) is 18.0 Å². The SMILES string of the molecule is Cc1c(N(C(=O)O)C(C)(C)C)ccc2nc(NCCC(C(=O)N(C)CCN3CCCCC3)S(C)(=O)=O)oc(=O)c12. The molecule has 0 aliphatic carbocycles. The highest BCUT2D eigenvalue weighted by Gasteiger charge is 2.32. The van der Waals surface area contributed by atoms with E-state index in [2.05, 4.69) is 15.2 Å². The molecule has 222 valence electrons. The number of hydrogen-bond donors (Lipinski definition) is 2. The van der Waals surface area contributed by atoms with Gasteiger partial charge in [-0.1, -0.05) is 6.42 Å². The third-order valence-corrected chi connectivity index (χ3v) is 8.66. The highest BCUT2D eigenvalue weighted by molar-refractivity contribution is 7.92. The smallest absolute Gasteiger partial charge is 0.412 e. The number of carbonyl (C=O) groups excluding carboxylic acids is 1. The lowest BCUT2D eigenvalue weighted by atomic mass is 10.0. The maximum atomic E-state index is 13.0. The molecule has 1 aromatic carbocycles. The number of hydrogen-bond acceptors (Lipinski definition) is 9. The van der Waals surface area contributed by atoms with Crippen molar-refractivity contribution in [1.29, 1.82) is 0 Å². The van der Waals surface area contributed by atoms with Crippen molar-refractivity contribution in [3.63, 3.8) is 0 Å². The van der Waals surface area contributed by atoms with E-state index in [1.165, 1.54) is 16.2 Å². The van der Waals surface area contributed by atoms with E-state index in [9.17, 15) is 27.9 Å². The first-order valence-corrected chi connectivity index (χ1v) is 15.4. The summed E-state index contributed by atoms with van der Waals surface area (Å²) in [4.78, 5) is 47.1. The van der Waals surface area contributed by atoms with E-state index in [4.69, 9.17) is 4.42 Å². The standard InChI is InChI=1S/C27H41N5O7S/c1-18-20(32(26(35)36)27(2,3)4)11-10-19-22(18)24(34)39-25(29-19)28-13-12-21(40(6,37)38)23(33)30(5)16-17-31-14-8-7-9-15-31/h10-11,21H,7-9,12-17H2,1-6H3,(H,28,29)(H,35,36). The maximum absolute atomic E-state index is 13.0. The molecular formula is C27H41N5O7S. The minimum absolute atomic E-state index is 0.0266. The summed E-state index contributed by atoms with van der Waals surface area (Å²) in [5.74, 6) is -0.473. The second kappa shape index (κ2) is 12.5. The van der Waals surface area contributed by atoms with Crippen molar-refractivity contribution in [2.45, 2.75) is 64.2 Å². The molecule has 0 bridgehead atoms. The summed E-state index contributed by atoms with van der Waals surface area (Å²) in [7, 11) is -2.08. The summed E-state index contributed by atoms with van der Waals surface area (Å²) in [6.45, 7) is 10.0. The van der Waals surface area contributed by atoms with E-state index in [0.717, 1.165) is 32.2 Å². The predicted molar refractivity (Wildman–Crippen MR) is 155 cm³/mol. The highest BCUT2D eigenvalue weighted by Crippen LogP contribution is 2.31. The van der Waals surface area contributed by atoms with Crippen LogP contribution in [0.2, 0.25) is 0 Å². The lowest BCUT2D eigenvalue weighted by molar-refractivity contribution is -0.129. The molecule has 2 heterocycles. The molecule has 0 spiro atoms. The molecule has 1 unspecified atom stereocenters. The number of carboxylic acid groups (broad SMARTS) is 1. The van der Waals surface area contributed by atoms with Gasteiger partial charge in [-0.2, -0.15) is 4.98 Å². The van der Waals surface area contributed by atoms with Crippen LogP contribution >= 0.6 is 0 Å². The fourth-order valence-corrected chi connectivity index (χ4v) is 6.13. The van der Waals surface area contributed by atoms with E-state index >= 15 is 0 Å². The lowest BCUT2D eigenvalue weighted by Gasteiger charge is -2.34. The van der Waals surface area contributed by atoms with Gasteiger partial charge in [0, 0.05) is 38.5 Å². The topological polar surface area (TPSA) is 153 Å². The van der Waals surface area contributed by atoms with Gasteiger partial charge < -0.3 is 24.6 Å². The van der Waals surface area contributed by atoms with Crippen LogP contribution in [0.5, 0.6) is 0 Å². The number of benzene rings is 1. The van der Waals surface area contributed by atoms with Gasteiger partial charge in [0.1, 0.15) is 5.25 Å². The van der Waals surface area contributed by atoms with Crippen LogP contribution in [0.3, 0.4) is 0 Å². The third kappa shape index (κ3) is 7.51. The lowest BCUT2D eigenvalue weighted by Crippen LogP contribution is -2.45. The molecular weight excluding hydrogens is 538 g/mol. The maximum Gasteiger partial charge on any atom is 0.412 e. The molecule has 1 aliphatic rings. The van der Waals surface area contributed by atoms with Gasteiger partial charge in [-0.05, 0) is 77.7 Å². The Morgan fingerprint density at radius 1 is 1.20 bits per heavy atom. The van der Waals surface area contributed by atoms with Crippen LogP contribution in [0.15, 0.2) is 21.3 Å². The number of rotatable bonds is 10. The quantitative estimate of drug-likeness (QED) is 0.429. The summed E-state index contributed by atoms with van der Waals surface area (Å²) in [5.41, 5.74) is -0.403. The fourth-order valence-electron chi connectivity index (χ4n) is 5.04. The molecule has 1 atom stereocenters. The zero-order valence-corrected chi connectivity index (χ0v) is 25.0. The number of likely N-dealkylation sites (N-methyl/N-ethyl adjacent to an activating group) is 1. The van der Waals surface area contributed by atoms with Gasteiger partial charge in [0.2, 0.25) is 5.91 Å². The van der Waals surface area contributed by atoms with E-state index < -0.39 is 38.3 Å². The van der Waals surface area contributed by atoms with Crippen LogP contribution < -0.4 is 15.8 Å². The van der Waals surface area contributed by atoms with E-state index in [-0.39, 0.29) is 24.4 Å². The highest BCUT2D eigenvalue weighted by atomic mass is 32.2. The van der Waals surface area contributed by atoms with Crippen LogP contribution in [-0.4, -0.2) is 97.1 Å². The molecule has 1 fully saturated rings. The normalized spacial score (nSPS) is 15.6. The number of carbonyl (C=O) groups is 2. The fraction of sp³-hybridized carbons (Fsp3) is 0.630. The number of nitrogens with zero attached hydrogens (tertiary/aromatic N) is 4. The summed E-state index contributed by atoms with van der Waals surface area (Å²) in [5, 5.41) is 11.5.